The normalized spacial score (nSPS) is 18.4. The summed E-state index contributed by atoms with van der Waals surface area (Å²) in [5, 5.41) is 2.97. The van der Waals surface area contributed by atoms with E-state index in [0.29, 0.717) is 43.3 Å². The van der Waals surface area contributed by atoms with Crippen molar-refractivity contribution < 1.29 is 18.7 Å². The highest BCUT2D eigenvalue weighted by Gasteiger charge is 2.37. The van der Waals surface area contributed by atoms with Gasteiger partial charge in [-0.25, -0.2) is 4.39 Å². The van der Waals surface area contributed by atoms with Crippen molar-refractivity contribution in [2.45, 2.75) is 31.7 Å². The highest BCUT2D eigenvalue weighted by Crippen LogP contribution is 2.32. The van der Waals surface area contributed by atoms with E-state index in [1.807, 2.05) is 4.90 Å². The first-order chi connectivity index (χ1) is 15.5. The average Bonchev–Trinajstić information content (AvgIpc) is 3.35. The van der Waals surface area contributed by atoms with E-state index in [1.54, 1.807) is 43.5 Å². The fourth-order valence-corrected chi connectivity index (χ4v) is 4.82. The van der Waals surface area contributed by atoms with Crippen LogP contribution < -0.4 is 10.1 Å². The van der Waals surface area contributed by atoms with Crippen molar-refractivity contribution in [3.8, 4) is 5.75 Å². The van der Waals surface area contributed by atoms with Crippen molar-refractivity contribution in [2.24, 2.45) is 5.92 Å². The van der Waals surface area contributed by atoms with Crippen molar-refractivity contribution in [3.05, 3.63) is 59.9 Å². The fourth-order valence-electron chi connectivity index (χ4n) is 4.82. The van der Waals surface area contributed by atoms with Crippen molar-refractivity contribution in [2.75, 3.05) is 38.6 Å². The minimum Gasteiger partial charge on any atom is -0.497 e. The third kappa shape index (κ3) is 5.10. The van der Waals surface area contributed by atoms with Gasteiger partial charge in [0.05, 0.1) is 13.2 Å². The summed E-state index contributed by atoms with van der Waals surface area (Å²) in [7, 11) is 1.60. The summed E-state index contributed by atoms with van der Waals surface area (Å²) in [4.78, 5) is 30.2. The SMILES string of the molecule is COc1ccc(C(=O)N2CCN([C@@H](C(=O)Nc3ccc(F)cc3)C3CCCC3)CC2)cc1. The first-order valence-electron chi connectivity index (χ1n) is 11.3. The first kappa shape index (κ1) is 22.3. The number of nitrogens with one attached hydrogen (secondary N) is 1. The number of piperazine rings is 1. The number of amides is 2. The van der Waals surface area contributed by atoms with Crippen LogP contribution in [0.2, 0.25) is 0 Å². The zero-order valence-electron chi connectivity index (χ0n) is 18.4. The van der Waals surface area contributed by atoms with Gasteiger partial charge in [-0.15, -0.1) is 0 Å². The van der Waals surface area contributed by atoms with E-state index >= 15 is 0 Å². The maximum atomic E-state index is 13.2. The Labute approximate surface area is 188 Å². The van der Waals surface area contributed by atoms with E-state index < -0.39 is 0 Å². The molecule has 1 heterocycles. The van der Waals surface area contributed by atoms with Gasteiger partial charge in [0.2, 0.25) is 5.91 Å². The standard InChI is InChI=1S/C25H30FN3O3/c1-32-22-12-6-19(7-13-22)25(31)29-16-14-28(15-17-29)23(18-4-2-3-5-18)24(30)27-21-10-8-20(26)9-11-21/h6-13,18,23H,2-5,14-17H2,1H3,(H,27,30)/t23-/m1/s1. The number of rotatable bonds is 6. The van der Waals surface area contributed by atoms with E-state index in [9.17, 15) is 14.0 Å². The summed E-state index contributed by atoms with van der Waals surface area (Å²) in [5.41, 5.74) is 1.24. The first-order valence-corrected chi connectivity index (χ1v) is 11.3. The predicted octanol–water partition coefficient (Wildman–Crippen LogP) is 3.79. The number of nitrogens with zero attached hydrogens (tertiary/aromatic N) is 2. The molecule has 2 aromatic carbocycles. The van der Waals surface area contributed by atoms with Crippen LogP contribution in [0.25, 0.3) is 0 Å². The Morgan fingerprint density at radius 3 is 2.19 bits per heavy atom. The maximum absolute atomic E-state index is 13.2. The summed E-state index contributed by atoms with van der Waals surface area (Å²) in [5.74, 6) is 0.657. The molecule has 2 aromatic rings. The molecule has 0 radical (unpaired) electrons. The molecule has 0 bridgehead atoms. The number of ether oxygens (including phenoxy) is 1. The average molecular weight is 440 g/mol. The van der Waals surface area contributed by atoms with Gasteiger partial charge in [-0.2, -0.15) is 0 Å². The molecule has 1 N–H and O–H groups in total. The molecule has 0 unspecified atom stereocenters. The van der Waals surface area contributed by atoms with Gasteiger partial charge in [-0.05, 0) is 67.3 Å². The van der Waals surface area contributed by atoms with Crippen LogP contribution in [0.4, 0.5) is 10.1 Å². The Morgan fingerprint density at radius 2 is 1.59 bits per heavy atom. The Balaban J connectivity index is 1.41. The lowest BCUT2D eigenvalue weighted by atomic mass is 9.94. The van der Waals surface area contributed by atoms with E-state index in [1.165, 1.54) is 12.1 Å². The summed E-state index contributed by atoms with van der Waals surface area (Å²) in [6.07, 6.45) is 4.35. The molecule has 4 rings (SSSR count). The second-order valence-electron chi connectivity index (χ2n) is 8.54. The highest BCUT2D eigenvalue weighted by atomic mass is 19.1. The molecule has 1 aliphatic heterocycles. The molecular weight excluding hydrogens is 409 g/mol. The molecule has 32 heavy (non-hydrogen) atoms. The number of hydrogen-bond donors (Lipinski definition) is 1. The monoisotopic (exact) mass is 439 g/mol. The van der Waals surface area contributed by atoms with Gasteiger partial charge in [-0.3, -0.25) is 14.5 Å². The van der Waals surface area contributed by atoms with Crippen molar-refractivity contribution in [1.82, 2.24) is 9.80 Å². The topological polar surface area (TPSA) is 61.9 Å². The van der Waals surface area contributed by atoms with Crippen LogP contribution in [-0.2, 0) is 4.79 Å². The molecule has 2 aliphatic rings. The zero-order valence-corrected chi connectivity index (χ0v) is 18.4. The van der Waals surface area contributed by atoms with Crippen molar-refractivity contribution >= 4 is 17.5 Å². The van der Waals surface area contributed by atoms with Gasteiger partial charge in [0.15, 0.2) is 0 Å². The summed E-state index contributed by atoms with van der Waals surface area (Å²) >= 11 is 0. The molecule has 1 atom stereocenters. The van der Waals surface area contributed by atoms with Crippen LogP contribution in [-0.4, -0.2) is 60.9 Å². The third-order valence-electron chi connectivity index (χ3n) is 6.56. The van der Waals surface area contributed by atoms with Gasteiger partial charge in [-0.1, -0.05) is 12.8 Å². The molecule has 1 saturated carbocycles. The number of benzene rings is 2. The molecule has 2 amide bonds. The van der Waals surface area contributed by atoms with Gasteiger partial charge in [0, 0.05) is 37.4 Å². The summed E-state index contributed by atoms with van der Waals surface area (Å²) in [6, 6.07) is 12.8. The zero-order chi connectivity index (χ0) is 22.5. The summed E-state index contributed by atoms with van der Waals surface area (Å²) in [6.45, 7) is 2.47. The number of carbonyl (C=O) groups excluding carboxylic acids is 2. The lowest BCUT2D eigenvalue weighted by Gasteiger charge is -2.40. The minimum absolute atomic E-state index is 0.000447. The molecule has 1 aliphatic carbocycles. The smallest absolute Gasteiger partial charge is 0.253 e. The molecule has 6 nitrogen and oxygen atoms in total. The van der Waals surface area contributed by atoms with E-state index in [0.717, 1.165) is 31.4 Å². The number of anilines is 1. The van der Waals surface area contributed by atoms with Gasteiger partial charge in [0.25, 0.3) is 5.91 Å². The predicted molar refractivity (Wildman–Crippen MR) is 121 cm³/mol. The van der Waals surface area contributed by atoms with Crippen LogP contribution in [0.1, 0.15) is 36.0 Å². The van der Waals surface area contributed by atoms with Crippen LogP contribution in [0.3, 0.4) is 0 Å². The quantitative estimate of drug-likeness (QED) is 0.744. The number of methoxy groups -OCH3 is 1. The summed E-state index contributed by atoms with van der Waals surface area (Å²) < 4.78 is 18.4. The third-order valence-corrected chi connectivity index (χ3v) is 6.56. The van der Waals surface area contributed by atoms with E-state index in [2.05, 4.69) is 10.2 Å². The van der Waals surface area contributed by atoms with Crippen molar-refractivity contribution in [3.63, 3.8) is 0 Å². The van der Waals surface area contributed by atoms with E-state index in [4.69, 9.17) is 4.74 Å². The van der Waals surface area contributed by atoms with Crippen LogP contribution in [0, 0.1) is 11.7 Å². The van der Waals surface area contributed by atoms with Gasteiger partial charge >= 0.3 is 0 Å². The van der Waals surface area contributed by atoms with E-state index in [-0.39, 0.29) is 23.7 Å². The van der Waals surface area contributed by atoms with Crippen LogP contribution in [0.5, 0.6) is 5.75 Å². The fraction of sp³-hybridized carbons (Fsp3) is 0.440. The second kappa shape index (κ2) is 10.1. The number of carbonyl (C=O) groups is 2. The largest absolute Gasteiger partial charge is 0.497 e. The molecule has 0 aromatic heterocycles. The number of hydrogen-bond acceptors (Lipinski definition) is 4. The lowest BCUT2D eigenvalue weighted by Crippen LogP contribution is -2.56. The van der Waals surface area contributed by atoms with Gasteiger partial charge in [0.1, 0.15) is 11.6 Å². The Hall–Kier alpha value is -2.93. The van der Waals surface area contributed by atoms with Crippen LogP contribution in [0.15, 0.2) is 48.5 Å². The molecule has 170 valence electrons. The molecular formula is C25H30FN3O3. The molecule has 1 saturated heterocycles. The van der Waals surface area contributed by atoms with Crippen molar-refractivity contribution in [1.29, 1.82) is 0 Å². The Morgan fingerprint density at radius 1 is 0.969 bits per heavy atom. The van der Waals surface area contributed by atoms with Crippen LogP contribution >= 0.6 is 0 Å². The van der Waals surface area contributed by atoms with Gasteiger partial charge < -0.3 is 15.0 Å². The molecule has 2 fully saturated rings. The maximum Gasteiger partial charge on any atom is 0.253 e. The molecule has 0 spiro atoms. The number of halogens is 1. The molecule has 7 heteroatoms. The second-order valence-corrected chi connectivity index (χ2v) is 8.54. The Kier molecular flexibility index (Phi) is 7.05. The lowest BCUT2D eigenvalue weighted by molar-refractivity contribution is -0.123. The Bertz CT molecular complexity index is 918. The highest BCUT2D eigenvalue weighted by molar-refractivity contribution is 5.95. The minimum atomic E-state index is -0.326.